The van der Waals surface area contributed by atoms with E-state index in [-0.39, 0.29) is 5.82 Å². The largest absolute Gasteiger partial charge is 0.316 e. The van der Waals surface area contributed by atoms with Crippen molar-refractivity contribution >= 4 is 0 Å². The molecule has 0 aliphatic carbocycles. The second-order valence-electron chi connectivity index (χ2n) is 5.37. The Morgan fingerprint density at radius 1 is 1.29 bits per heavy atom. The van der Waals surface area contributed by atoms with Crippen molar-refractivity contribution < 1.29 is 4.39 Å². The van der Waals surface area contributed by atoms with Gasteiger partial charge in [0.2, 0.25) is 0 Å². The first-order valence-electron chi connectivity index (χ1n) is 7.47. The van der Waals surface area contributed by atoms with Crippen molar-refractivity contribution in [3.63, 3.8) is 0 Å². The molecular weight excluding hydrogens is 267 g/mol. The molecule has 0 aliphatic rings. The highest BCUT2D eigenvalue weighted by molar-refractivity contribution is 5.18. The predicted molar refractivity (Wildman–Crippen MR) is 81.5 cm³/mol. The van der Waals surface area contributed by atoms with Crippen LogP contribution in [0.5, 0.6) is 0 Å². The summed E-state index contributed by atoms with van der Waals surface area (Å²) in [7, 11) is 1.89. The molecule has 0 aliphatic heterocycles. The number of nitrogens with zero attached hydrogens (tertiary/aromatic N) is 3. The molecule has 0 bridgehead atoms. The maximum Gasteiger partial charge on any atom is 0.138 e. The van der Waals surface area contributed by atoms with Crippen molar-refractivity contribution in [2.45, 2.75) is 26.2 Å². The molecule has 0 amide bonds. The number of hydrogen-bond acceptors (Lipinski definition) is 3. The molecule has 1 N–H and O–H groups in total. The highest BCUT2D eigenvalue weighted by Crippen LogP contribution is 2.15. The van der Waals surface area contributed by atoms with Crippen molar-refractivity contribution in [2.24, 2.45) is 13.0 Å². The summed E-state index contributed by atoms with van der Waals surface area (Å²) in [6, 6.07) is 7.00. The number of benzene rings is 1. The van der Waals surface area contributed by atoms with E-state index in [1.165, 1.54) is 6.07 Å². The molecule has 1 heterocycles. The second-order valence-corrected chi connectivity index (χ2v) is 5.37. The van der Waals surface area contributed by atoms with Gasteiger partial charge in [0.15, 0.2) is 0 Å². The zero-order chi connectivity index (χ0) is 15.1. The lowest BCUT2D eigenvalue weighted by Crippen LogP contribution is -2.27. The highest BCUT2D eigenvalue weighted by atomic mass is 19.1. The lowest BCUT2D eigenvalue weighted by molar-refractivity contribution is 0.445. The van der Waals surface area contributed by atoms with Crippen molar-refractivity contribution in [1.29, 1.82) is 0 Å². The van der Waals surface area contributed by atoms with Crippen LogP contribution in [0.4, 0.5) is 4.39 Å². The van der Waals surface area contributed by atoms with Gasteiger partial charge in [-0.3, -0.25) is 4.68 Å². The molecule has 1 aromatic heterocycles. The van der Waals surface area contributed by atoms with Gasteiger partial charge in [-0.25, -0.2) is 9.37 Å². The van der Waals surface area contributed by atoms with Crippen LogP contribution in [-0.4, -0.2) is 27.9 Å². The highest BCUT2D eigenvalue weighted by Gasteiger charge is 2.15. The molecule has 1 aromatic carbocycles. The minimum Gasteiger partial charge on any atom is -0.316 e. The van der Waals surface area contributed by atoms with Crippen molar-refractivity contribution in [3.05, 3.63) is 47.8 Å². The van der Waals surface area contributed by atoms with Gasteiger partial charge in [0, 0.05) is 13.5 Å². The topological polar surface area (TPSA) is 42.7 Å². The van der Waals surface area contributed by atoms with Gasteiger partial charge >= 0.3 is 0 Å². The summed E-state index contributed by atoms with van der Waals surface area (Å²) in [5.74, 6) is 1.11. The molecule has 5 heteroatoms. The molecule has 0 fully saturated rings. The minimum atomic E-state index is -0.129. The van der Waals surface area contributed by atoms with Crippen molar-refractivity contribution in [3.8, 4) is 0 Å². The van der Waals surface area contributed by atoms with Crippen LogP contribution >= 0.6 is 0 Å². The summed E-state index contributed by atoms with van der Waals surface area (Å²) in [6.07, 6.45) is 4.16. The third-order valence-corrected chi connectivity index (χ3v) is 3.60. The molecule has 0 saturated carbocycles. The zero-order valence-corrected chi connectivity index (χ0v) is 12.7. The van der Waals surface area contributed by atoms with E-state index in [0.29, 0.717) is 12.3 Å². The number of nitrogens with one attached hydrogen (secondary N) is 1. The monoisotopic (exact) mass is 290 g/mol. The average molecular weight is 290 g/mol. The quantitative estimate of drug-likeness (QED) is 0.759. The van der Waals surface area contributed by atoms with E-state index in [1.54, 1.807) is 17.1 Å². The van der Waals surface area contributed by atoms with Gasteiger partial charge in [-0.2, -0.15) is 5.10 Å². The standard InChI is InChI=1S/C16H23FN4/c1-3-8-18-11-13(10-16-19-12-20-21(16)2)9-14-6-4-5-7-15(14)17/h4-7,12-13,18H,3,8-11H2,1-2H3. The molecule has 0 radical (unpaired) electrons. The maximum atomic E-state index is 13.8. The van der Waals surface area contributed by atoms with Crippen LogP contribution in [0.2, 0.25) is 0 Å². The number of rotatable bonds is 8. The number of aromatic nitrogens is 3. The molecule has 2 rings (SSSR count). The third-order valence-electron chi connectivity index (χ3n) is 3.60. The van der Waals surface area contributed by atoms with Gasteiger partial charge < -0.3 is 5.32 Å². The Morgan fingerprint density at radius 3 is 2.76 bits per heavy atom. The van der Waals surface area contributed by atoms with Crippen LogP contribution in [0.1, 0.15) is 24.7 Å². The molecule has 0 spiro atoms. The fourth-order valence-corrected chi connectivity index (χ4v) is 2.44. The average Bonchev–Trinajstić information content (AvgIpc) is 2.87. The number of hydrogen-bond donors (Lipinski definition) is 1. The van der Waals surface area contributed by atoms with Crippen LogP contribution in [0.15, 0.2) is 30.6 Å². The molecule has 1 atom stereocenters. The molecule has 0 saturated heterocycles. The Kier molecular flexibility index (Phi) is 5.87. The summed E-state index contributed by atoms with van der Waals surface area (Å²) in [6.45, 7) is 3.98. The Labute approximate surface area is 125 Å². The van der Waals surface area contributed by atoms with E-state index in [0.717, 1.165) is 37.3 Å². The van der Waals surface area contributed by atoms with Gasteiger partial charge in [-0.1, -0.05) is 25.1 Å². The summed E-state index contributed by atoms with van der Waals surface area (Å²) in [4.78, 5) is 4.28. The zero-order valence-electron chi connectivity index (χ0n) is 12.7. The van der Waals surface area contributed by atoms with E-state index < -0.39 is 0 Å². The molecular formula is C16H23FN4. The Hall–Kier alpha value is -1.75. The van der Waals surface area contributed by atoms with Gasteiger partial charge in [-0.15, -0.1) is 0 Å². The third kappa shape index (κ3) is 4.63. The van der Waals surface area contributed by atoms with E-state index >= 15 is 0 Å². The van der Waals surface area contributed by atoms with Crippen LogP contribution in [-0.2, 0) is 19.9 Å². The van der Waals surface area contributed by atoms with Crippen LogP contribution in [0.3, 0.4) is 0 Å². The Bertz CT molecular complexity index is 553. The Morgan fingerprint density at radius 2 is 2.10 bits per heavy atom. The van der Waals surface area contributed by atoms with E-state index in [2.05, 4.69) is 22.3 Å². The SMILES string of the molecule is CCCNCC(Cc1ccccc1F)Cc1ncnn1C. The van der Waals surface area contributed by atoms with Crippen molar-refractivity contribution in [1.82, 2.24) is 20.1 Å². The molecule has 2 aromatic rings. The lowest BCUT2D eigenvalue weighted by atomic mass is 9.95. The maximum absolute atomic E-state index is 13.8. The van der Waals surface area contributed by atoms with Crippen LogP contribution in [0.25, 0.3) is 0 Å². The normalized spacial score (nSPS) is 12.5. The second kappa shape index (κ2) is 7.88. The molecule has 21 heavy (non-hydrogen) atoms. The van der Waals surface area contributed by atoms with Crippen molar-refractivity contribution in [2.75, 3.05) is 13.1 Å². The van der Waals surface area contributed by atoms with Gasteiger partial charge in [0.1, 0.15) is 18.0 Å². The van der Waals surface area contributed by atoms with E-state index in [9.17, 15) is 4.39 Å². The number of halogens is 1. The van der Waals surface area contributed by atoms with E-state index in [1.807, 2.05) is 19.2 Å². The summed E-state index contributed by atoms with van der Waals surface area (Å²) >= 11 is 0. The van der Waals surface area contributed by atoms with Gasteiger partial charge in [0.05, 0.1) is 0 Å². The van der Waals surface area contributed by atoms with Gasteiger partial charge in [0.25, 0.3) is 0 Å². The Balaban J connectivity index is 2.04. The summed E-state index contributed by atoms with van der Waals surface area (Å²) in [5.41, 5.74) is 0.767. The first kappa shape index (κ1) is 15.6. The van der Waals surface area contributed by atoms with Gasteiger partial charge in [-0.05, 0) is 43.5 Å². The fraction of sp³-hybridized carbons (Fsp3) is 0.500. The molecule has 114 valence electrons. The summed E-state index contributed by atoms with van der Waals surface area (Å²) in [5, 5.41) is 7.53. The smallest absolute Gasteiger partial charge is 0.138 e. The first-order chi connectivity index (χ1) is 10.2. The minimum absolute atomic E-state index is 0.129. The molecule has 1 unspecified atom stereocenters. The summed E-state index contributed by atoms with van der Waals surface area (Å²) < 4.78 is 15.6. The van der Waals surface area contributed by atoms with Crippen LogP contribution < -0.4 is 5.32 Å². The van der Waals surface area contributed by atoms with E-state index in [4.69, 9.17) is 0 Å². The predicted octanol–water partition coefficient (Wildman–Crippen LogP) is 2.36. The van der Waals surface area contributed by atoms with Crippen LogP contribution in [0, 0.1) is 11.7 Å². The lowest BCUT2D eigenvalue weighted by Gasteiger charge is -2.17. The first-order valence-corrected chi connectivity index (χ1v) is 7.47. The fourth-order valence-electron chi connectivity index (χ4n) is 2.44. The number of aryl methyl sites for hydroxylation is 1. The molecule has 4 nitrogen and oxygen atoms in total.